The van der Waals surface area contributed by atoms with Crippen LogP contribution in [-0.2, 0) is 6.61 Å². The molecule has 0 aliphatic rings. The van der Waals surface area contributed by atoms with Crippen molar-refractivity contribution in [2.24, 2.45) is 0 Å². The standard InChI is InChI=1S/C20H14ClFO2/c21-19-7-6-16(11-20(19)22)17-8-15(12-23)9-18(10-17)24-13-14-4-2-1-3-5-14/h1-12H,13H2. The highest BCUT2D eigenvalue weighted by atomic mass is 35.5. The van der Waals surface area contributed by atoms with Gasteiger partial charge in [0.05, 0.1) is 5.02 Å². The van der Waals surface area contributed by atoms with Crippen molar-refractivity contribution in [3.63, 3.8) is 0 Å². The van der Waals surface area contributed by atoms with Crippen LogP contribution in [0.4, 0.5) is 4.39 Å². The van der Waals surface area contributed by atoms with Gasteiger partial charge in [-0.3, -0.25) is 4.79 Å². The molecule has 4 heteroatoms. The molecule has 120 valence electrons. The molecule has 0 amide bonds. The summed E-state index contributed by atoms with van der Waals surface area (Å²) >= 11 is 5.72. The molecule has 0 unspecified atom stereocenters. The minimum Gasteiger partial charge on any atom is -0.489 e. The lowest BCUT2D eigenvalue weighted by Crippen LogP contribution is -1.96. The summed E-state index contributed by atoms with van der Waals surface area (Å²) in [4.78, 5) is 11.2. The van der Waals surface area contributed by atoms with Crippen LogP contribution >= 0.6 is 11.6 Å². The van der Waals surface area contributed by atoms with Gasteiger partial charge in [-0.2, -0.15) is 0 Å². The summed E-state index contributed by atoms with van der Waals surface area (Å²) in [6.45, 7) is 0.386. The first-order valence-corrected chi connectivity index (χ1v) is 7.76. The molecule has 0 spiro atoms. The molecule has 0 atom stereocenters. The van der Waals surface area contributed by atoms with Gasteiger partial charge >= 0.3 is 0 Å². The smallest absolute Gasteiger partial charge is 0.150 e. The van der Waals surface area contributed by atoms with Gasteiger partial charge in [-0.1, -0.05) is 48.0 Å². The first-order valence-electron chi connectivity index (χ1n) is 7.38. The summed E-state index contributed by atoms with van der Waals surface area (Å²) in [5.41, 5.74) is 2.81. The predicted octanol–water partition coefficient (Wildman–Crippen LogP) is 5.54. The van der Waals surface area contributed by atoms with Crippen molar-refractivity contribution in [2.45, 2.75) is 6.61 Å². The Kier molecular flexibility index (Phi) is 4.92. The maximum Gasteiger partial charge on any atom is 0.150 e. The van der Waals surface area contributed by atoms with Gasteiger partial charge < -0.3 is 4.74 Å². The number of hydrogen-bond donors (Lipinski definition) is 0. The van der Waals surface area contributed by atoms with Crippen LogP contribution in [0.25, 0.3) is 11.1 Å². The zero-order chi connectivity index (χ0) is 16.9. The van der Waals surface area contributed by atoms with E-state index in [0.717, 1.165) is 11.8 Å². The fourth-order valence-corrected chi connectivity index (χ4v) is 2.47. The second kappa shape index (κ2) is 7.28. The van der Waals surface area contributed by atoms with E-state index < -0.39 is 5.82 Å². The molecule has 0 heterocycles. The van der Waals surface area contributed by atoms with Crippen molar-refractivity contribution in [1.29, 1.82) is 0 Å². The second-order valence-corrected chi connectivity index (χ2v) is 5.72. The van der Waals surface area contributed by atoms with E-state index in [1.54, 1.807) is 24.3 Å². The molecule has 3 aromatic rings. The Labute approximate surface area is 144 Å². The van der Waals surface area contributed by atoms with E-state index >= 15 is 0 Å². The first kappa shape index (κ1) is 16.2. The monoisotopic (exact) mass is 340 g/mol. The van der Waals surface area contributed by atoms with Crippen molar-refractivity contribution in [3.05, 3.63) is 88.7 Å². The Morgan fingerprint density at radius 3 is 2.46 bits per heavy atom. The summed E-state index contributed by atoms with van der Waals surface area (Å²) in [5.74, 6) is 0.0474. The third-order valence-corrected chi connectivity index (χ3v) is 3.87. The molecule has 3 rings (SSSR count). The van der Waals surface area contributed by atoms with E-state index in [2.05, 4.69) is 0 Å². The summed E-state index contributed by atoms with van der Waals surface area (Å²) in [5, 5.41) is 0.0610. The summed E-state index contributed by atoms with van der Waals surface area (Å²) in [6, 6.07) is 19.4. The molecule has 0 aliphatic heterocycles. The van der Waals surface area contributed by atoms with Gasteiger partial charge in [0.2, 0.25) is 0 Å². The Morgan fingerprint density at radius 1 is 0.958 bits per heavy atom. The number of ether oxygens (including phenoxy) is 1. The van der Waals surface area contributed by atoms with Crippen LogP contribution in [0.15, 0.2) is 66.7 Å². The van der Waals surface area contributed by atoms with Crippen LogP contribution < -0.4 is 4.74 Å². The number of halogens is 2. The zero-order valence-corrected chi connectivity index (χ0v) is 13.5. The largest absolute Gasteiger partial charge is 0.489 e. The van der Waals surface area contributed by atoms with E-state index in [1.165, 1.54) is 12.1 Å². The molecule has 0 aliphatic carbocycles. The van der Waals surface area contributed by atoms with Crippen LogP contribution in [0.3, 0.4) is 0 Å². The predicted molar refractivity (Wildman–Crippen MR) is 93.0 cm³/mol. The maximum atomic E-state index is 13.7. The third kappa shape index (κ3) is 3.81. The highest BCUT2D eigenvalue weighted by molar-refractivity contribution is 6.30. The maximum absolute atomic E-state index is 13.7. The molecular formula is C20H14ClFO2. The minimum absolute atomic E-state index is 0.0610. The third-order valence-electron chi connectivity index (χ3n) is 3.57. The SMILES string of the molecule is O=Cc1cc(OCc2ccccc2)cc(-c2ccc(Cl)c(F)c2)c1. The molecule has 0 saturated heterocycles. The second-order valence-electron chi connectivity index (χ2n) is 5.31. The van der Waals surface area contributed by atoms with Gasteiger partial charge in [0, 0.05) is 5.56 Å². The molecule has 0 radical (unpaired) electrons. The number of benzene rings is 3. The Morgan fingerprint density at radius 2 is 1.75 bits per heavy atom. The number of carbonyl (C=O) groups excluding carboxylic acids is 1. The average molecular weight is 341 g/mol. The summed E-state index contributed by atoms with van der Waals surface area (Å²) in [7, 11) is 0. The van der Waals surface area contributed by atoms with E-state index in [4.69, 9.17) is 16.3 Å². The van der Waals surface area contributed by atoms with Gasteiger partial charge in [-0.05, 0) is 47.0 Å². The lowest BCUT2D eigenvalue weighted by atomic mass is 10.0. The molecule has 3 aromatic carbocycles. The highest BCUT2D eigenvalue weighted by Gasteiger charge is 2.07. The molecule has 0 fully saturated rings. The fraction of sp³-hybridized carbons (Fsp3) is 0.0500. The van der Waals surface area contributed by atoms with Crippen molar-refractivity contribution >= 4 is 17.9 Å². The van der Waals surface area contributed by atoms with E-state index in [-0.39, 0.29) is 5.02 Å². The Hall–Kier alpha value is -2.65. The number of hydrogen-bond acceptors (Lipinski definition) is 2. The topological polar surface area (TPSA) is 26.3 Å². The molecule has 0 bridgehead atoms. The zero-order valence-electron chi connectivity index (χ0n) is 12.7. The minimum atomic E-state index is -0.502. The van der Waals surface area contributed by atoms with Gasteiger partial charge in [0.1, 0.15) is 24.5 Å². The van der Waals surface area contributed by atoms with Gasteiger partial charge in [-0.15, -0.1) is 0 Å². The summed E-state index contributed by atoms with van der Waals surface area (Å²) < 4.78 is 19.5. The lowest BCUT2D eigenvalue weighted by Gasteiger charge is -2.10. The van der Waals surface area contributed by atoms with Crippen molar-refractivity contribution in [2.75, 3.05) is 0 Å². The Bertz CT molecular complexity index is 863. The van der Waals surface area contributed by atoms with Crippen molar-refractivity contribution in [1.82, 2.24) is 0 Å². The number of rotatable bonds is 5. The van der Waals surface area contributed by atoms with Crippen molar-refractivity contribution < 1.29 is 13.9 Å². The van der Waals surface area contributed by atoms with E-state index in [1.807, 2.05) is 30.3 Å². The number of carbonyl (C=O) groups is 1. The number of aldehydes is 1. The van der Waals surface area contributed by atoms with E-state index in [9.17, 15) is 9.18 Å². The quantitative estimate of drug-likeness (QED) is 0.570. The molecule has 0 saturated carbocycles. The first-order chi connectivity index (χ1) is 11.7. The average Bonchev–Trinajstić information content (AvgIpc) is 2.63. The molecule has 2 nitrogen and oxygen atoms in total. The fourth-order valence-electron chi connectivity index (χ4n) is 2.36. The van der Waals surface area contributed by atoms with Crippen LogP contribution in [0.2, 0.25) is 5.02 Å². The van der Waals surface area contributed by atoms with Crippen LogP contribution in [0.1, 0.15) is 15.9 Å². The Balaban J connectivity index is 1.90. The summed E-state index contributed by atoms with van der Waals surface area (Å²) in [6.07, 6.45) is 0.741. The normalized spacial score (nSPS) is 10.4. The van der Waals surface area contributed by atoms with E-state index in [0.29, 0.717) is 29.0 Å². The molecule has 24 heavy (non-hydrogen) atoms. The van der Waals surface area contributed by atoms with Crippen LogP contribution in [0.5, 0.6) is 5.75 Å². The van der Waals surface area contributed by atoms with Gasteiger partial charge in [0.25, 0.3) is 0 Å². The molecular weight excluding hydrogens is 327 g/mol. The van der Waals surface area contributed by atoms with Crippen LogP contribution in [-0.4, -0.2) is 6.29 Å². The van der Waals surface area contributed by atoms with Gasteiger partial charge in [0.15, 0.2) is 0 Å². The van der Waals surface area contributed by atoms with Gasteiger partial charge in [-0.25, -0.2) is 4.39 Å². The van der Waals surface area contributed by atoms with Crippen molar-refractivity contribution in [3.8, 4) is 16.9 Å². The molecule has 0 aromatic heterocycles. The molecule has 0 N–H and O–H groups in total. The lowest BCUT2D eigenvalue weighted by molar-refractivity contribution is 0.112. The highest BCUT2D eigenvalue weighted by Crippen LogP contribution is 2.28. The van der Waals surface area contributed by atoms with Crippen LogP contribution in [0, 0.1) is 5.82 Å².